The predicted octanol–water partition coefficient (Wildman–Crippen LogP) is 3.52. The fourth-order valence-electron chi connectivity index (χ4n) is 2.97. The van der Waals surface area contributed by atoms with Crippen LogP contribution in [0.3, 0.4) is 0 Å². The van der Waals surface area contributed by atoms with Gasteiger partial charge in [-0.2, -0.15) is 0 Å². The molecule has 1 aliphatic heterocycles. The van der Waals surface area contributed by atoms with E-state index in [1.54, 1.807) is 0 Å². The summed E-state index contributed by atoms with van der Waals surface area (Å²) in [4.78, 5) is 0. The molecule has 0 amide bonds. The quantitative estimate of drug-likeness (QED) is 0.824. The molecule has 1 nitrogen and oxygen atoms in total. The maximum atomic E-state index is 3.65. The highest BCUT2D eigenvalue weighted by Crippen LogP contribution is 2.27. The van der Waals surface area contributed by atoms with Crippen molar-refractivity contribution in [1.29, 1.82) is 0 Å². The van der Waals surface area contributed by atoms with E-state index in [1.165, 1.54) is 35.7 Å². The van der Waals surface area contributed by atoms with E-state index in [1.807, 2.05) is 0 Å². The monoisotopic (exact) mass is 225 g/mol. The Morgan fingerprint density at radius 3 is 2.76 bits per heavy atom. The molecule has 1 aliphatic rings. The fourth-order valence-corrected chi connectivity index (χ4v) is 2.97. The van der Waals surface area contributed by atoms with E-state index in [4.69, 9.17) is 0 Å². The molecule has 1 saturated heterocycles. The average molecular weight is 225 g/mol. The van der Waals surface area contributed by atoms with Crippen LogP contribution in [0.1, 0.15) is 25.3 Å². The van der Waals surface area contributed by atoms with Crippen molar-refractivity contribution in [2.45, 2.75) is 31.7 Å². The molecule has 3 rings (SSSR count). The second-order valence-electron chi connectivity index (χ2n) is 5.41. The van der Waals surface area contributed by atoms with Crippen LogP contribution >= 0.6 is 0 Å². The van der Waals surface area contributed by atoms with Crippen molar-refractivity contribution in [1.82, 2.24) is 5.32 Å². The third-order valence-corrected chi connectivity index (χ3v) is 3.92. The molecular formula is C16H19N. The van der Waals surface area contributed by atoms with Crippen molar-refractivity contribution in [3.8, 4) is 0 Å². The second-order valence-corrected chi connectivity index (χ2v) is 5.41. The van der Waals surface area contributed by atoms with Crippen LogP contribution in [0.25, 0.3) is 10.8 Å². The lowest BCUT2D eigenvalue weighted by Gasteiger charge is -2.25. The SMILES string of the molecule is CC1(Cc2cccc3ccccc23)CCCN1. The number of benzene rings is 2. The first-order chi connectivity index (χ1) is 8.27. The zero-order valence-corrected chi connectivity index (χ0v) is 10.4. The minimum Gasteiger partial charge on any atom is -0.311 e. The molecule has 1 heterocycles. The summed E-state index contributed by atoms with van der Waals surface area (Å²) in [5.41, 5.74) is 1.77. The summed E-state index contributed by atoms with van der Waals surface area (Å²) < 4.78 is 0. The van der Waals surface area contributed by atoms with Gasteiger partial charge < -0.3 is 5.32 Å². The van der Waals surface area contributed by atoms with E-state index >= 15 is 0 Å². The van der Waals surface area contributed by atoms with Gasteiger partial charge in [0.15, 0.2) is 0 Å². The zero-order chi connectivity index (χ0) is 11.7. The van der Waals surface area contributed by atoms with Gasteiger partial charge in [0.2, 0.25) is 0 Å². The molecule has 1 heteroatoms. The van der Waals surface area contributed by atoms with Crippen LogP contribution in [0.4, 0.5) is 0 Å². The number of nitrogens with one attached hydrogen (secondary N) is 1. The van der Waals surface area contributed by atoms with Gasteiger partial charge in [-0.1, -0.05) is 42.5 Å². The summed E-state index contributed by atoms with van der Waals surface area (Å²) in [5, 5.41) is 6.41. The smallest absolute Gasteiger partial charge is 0.0194 e. The van der Waals surface area contributed by atoms with E-state index in [0.717, 1.165) is 6.42 Å². The van der Waals surface area contributed by atoms with E-state index in [2.05, 4.69) is 54.7 Å². The highest BCUT2D eigenvalue weighted by molar-refractivity contribution is 5.85. The highest BCUT2D eigenvalue weighted by atomic mass is 15.0. The summed E-state index contributed by atoms with van der Waals surface area (Å²) in [6, 6.07) is 15.3. The van der Waals surface area contributed by atoms with Gasteiger partial charge in [-0.3, -0.25) is 0 Å². The largest absolute Gasteiger partial charge is 0.311 e. The van der Waals surface area contributed by atoms with Gasteiger partial charge in [0.25, 0.3) is 0 Å². The minimum absolute atomic E-state index is 0.296. The van der Waals surface area contributed by atoms with Crippen molar-refractivity contribution >= 4 is 10.8 Å². The molecule has 0 saturated carbocycles. The second kappa shape index (κ2) is 4.15. The van der Waals surface area contributed by atoms with Crippen LogP contribution in [-0.4, -0.2) is 12.1 Å². The normalized spacial score (nSPS) is 24.3. The van der Waals surface area contributed by atoms with Gasteiger partial charge in [-0.05, 0) is 49.1 Å². The van der Waals surface area contributed by atoms with Crippen molar-refractivity contribution in [2.75, 3.05) is 6.54 Å². The molecule has 0 aromatic heterocycles. The molecule has 0 aliphatic carbocycles. The highest BCUT2D eigenvalue weighted by Gasteiger charge is 2.28. The Kier molecular flexibility index (Phi) is 2.64. The van der Waals surface area contributed by atoms with Crippen LogP contribution < -0.4 is 5.32 Å². The van der Waals surface area contributed by atoms with Gasteiger partial charge in [-0.15, -0.1) is 0 Å². The number of fused-ring (bicyclic) bond motifs is 1. The first kappa shape index (κ1) is 10.8. The average Bonchev–Trinajstić information content (AvgIpc) is 2.76. The summed E-state index contributed by atoms with van der Waals surface area (Å²) in [7, 11) is 0. The Hall–Kier alpha value is -1.34. The molecule has 1 fully saturated rings. The molecule has 2 aromatic rings. The summed E-state index contributed by atoms with van der Waals surface area (Å²) >= 11 is 0. The molecule has 0 bridgehead atoms. The zero-order valence-electron chi connectivity index (χ0n) is 10.4. The lowest BCUT2D eigenvalue weighted by Crippen LogP contribution is -2.38. The third kappa shape index (κ3) is 2.07. The van der Waals surface area contributed by atoms with E-state index in [9.17, 15) is 0 Å². The van der Waals surface area contributed by atoms with Crippen LogP contribution in [0, 0.1) is 0 Å². The number of rotatable bonds is 2. The fraction of sp³-hybridized carbons (Fsp3) is 0.375. The van der Waals surface area contributed by atoms with Crippen LogP contribution in [-0.2, 0) is 6.42 Å². The van der Waals surface area contributed by atoms with Gasteiger partial charge in [-0.25, -0.2) is 0 Å². The third-order valence-electron chi connectivity index (χ3n) is 3.92. The predicted molar refractivity (Wildman–Crippen MR) is 73.3 cm³/mol. The van der Waals surface area contributed by atoms with Crippen LogP contribution in [0.2, 0.25) is 0 Å². The number of hydrogen-bond donors (Lipinski definition) is 1. The van der Waals surface area contributed by atoms with E-state index < -0.39 is 0 Å². The van der Waals surface area contributed by atoms with Crippen molar-refractivity contribution in [3.63, 3.8) is 0 Å². The van der Waals surface area contributed by atoms with Gasteiger partial charge in [0, 0.05) is 5.54 Å². The molecule has 1 unspecified atom stereocenters. The van der Waals surface area contributed by atoms with E-state index in [0.29, 0.717) is 5.54 Å². The Labute approximate surface area is 103 Å². The number of hydrogen-bond acceptors (Lipinski definition) is 1. The van der Waals surface area contributed by atoms with Crippen LogP contribution in [0.5, 0.6) is 0 Å². The van der Waals surface area contributed by atoms with E-state index in [-0.39, 0.29) is 0 Å². The molecule has 2 aromatic carbocycles. The minimum atomic E-state index is 0.296. The Morgan fingerprint density at radius 1 is 1.12 bits per heavy atom. The lowest BCUT2D eigenvalue weighted by molar-refractivity contribution is 0.414. The Balaban J connectivity index is 2.00. The first-order valence-electron chi connectivity index (χ1n) is 6.49. The maximum absolute atomic E-state index is 3.65. The van der Waals surface area contributed by atoms with Gasteiger partial charge >= 0.3 is 0 Å². The molecule has 1 N–H and O–H groups in total. The summed E-state index contributed by atoms with van der Waals surface area (Å²) in [6.45, 7) is 3.52. The maximum Gasteiger partial charge on any atom is 0.0194 e. The summed E-state index contributed by atoms with van der Waals surface area (Å²) in [5.74, 6) is 0. The molecule has 17 heavy (non-hydrogen) atoms. The topological polar surface area (TPSA) is 12.0 Å². The molecule has 1 atom stereocenters. The standard InChI is InChI=1S/C16H19N/c1-16(10-5-11-17-16)12-14-8-4-7-13-6-2-3-9-15(13)14/h2-4,6-9,17H,5,10-12H2,1H3. The molecule has 0 radical (unpaired) electrons. The first-order valence-corrected chi connectivity index (χ1v) is 6.49. The van der Waals surface area contributed by atoms with Gasteiger partial charge in [0.05, 0.1) is 0 Å². The molecule has 0 spiro atoms. The Bertz CT molecular complexity index is 519. The van der Waals surface area contributed by atoms with Gasteiger partial charge in [0.1, 0.15) is 0 Å². The molecular weight excluding hydrogens is 206 g/mol. The summed E-state index contributed by atoms with van der Waals surface area (Å²) in [6.07, 6.45) is 3.73. The van der Waals surface area contributed by atoms with Crippen molar-refractivity contribution < 1.29 is 0 Å². The Morgan fingerprint density at radius 2 is 1.94 bits per heavy atom. The van der Waals surface area contributed by atoms with Crippen molar-refractivity contribution in [3.05, 3.63) is 48.0 Å². The molecule has 88 valence electrons. The van der Waals surface area contributed by atoms with Crippen LogP contribution in [0.15, 0.2) is 42.5 Å². The van der Waals surface area contributed by atoms with Crippen molar-refractivity contribution in [2.24, 2.45) is 0 Å². The lowest BCUT2D eigenvalue weighted by atomic mass is 9.89.